The zero-order valence-corrected chi connectivity index (χ0v) is 16.6. The third-order valence-electron chi connectivity index (χ3n) is 3.73. The van der Waals surface area contributed by atoms with E-state index in [1.54, 1.807) is 7.05 Å². The lowest BCUT2D eigenvalue weighted by Gasteiger charge is -2.34. The van der Waals surface area contributed by atoms with E-state index in [-0.39, 0.29) is 36.6 Å². The van der Waals surface area contributed by atoms with Gasteiger partial charge in [0.1, 0.15) is 0 Å². The average molecular weight is 477 g/mol. The Morgan fingerprint density at radius 2 is 1.92 bits per heavy atom. The van der Waals surface area contributed by atoms with Gasteiger partial charge in [0, 0.05) is 49.3 Å². The summed E-state index contributed by atoms with van der Waals surface area (Å²) in [7, 11) is 1.56. The van der Waals surface area contributed by atoms with Crippen molar-refractivity contribution in [1.82, 2.24) is 10.2 Å². The molecule has 1 atom stereocenters. The van der Waals surface area contributed by atoms with Crippen molar-refractivity contribution in [2.75, 3.05) is 25.9 Å². The molecule has 136 valence electrons. The summed E-state index contributed by atoms with van der Waals surface area (Å²) >= 11 is 1.87. The van der Waals surface area contributed by atoms with E-state index in [0.29, 0.717) is 11.2 Å². The number of aliphatic imine (C=N–C) groups is 1. The number of halogens is 5. The highest BCUT2D eigenvalue weighted by atomic mass is 127. The molecule has 2 rings (SSSR count). The van der Waals surface area contributed by atoms with Crippen LogP contribution in [0.2, 0.25) is 0 Å². The molecule has 1 aliphatic rings. The van der Waals surface area contributed by atoms with E-state index in [1.165, 1.54) is 0 Å². The molecule has 1 fully saturated rings. The molecule has 0 radical (unpaired) electrons. The first-order valence-electron chi connectivity index (χ1n) is 7.37. The summed E-state index contributed by atoms with van der Waals surface area (Å²) in [5.41, 5.74) is -0.665. The van der Waals surface area contributed by atoms with Crippen LogP contribution in [0.1, 0.15) is 18.9 Å². The van der Waals surface area contributed by atoms with E-state index in [1.807, 2.05) is 16.7 Å². The molecule has 1 unspecified atom stereocenters. The average Bonchev–Trinajstić information content (AvgIpc) is 2.56. The monoisotopic (exact) mass is 477 g/mol. The van der Waals surface area contributed by atoms with E-state index in [0.717, 1.165) is 25.3 Å². The van der Waals surface area contributed by atoms with Crippen LogP contribution in [0.5, 0.6) is 0 Å². The number of rotatable bonds is 3. The van der Waals surface area contributed by atoms with Gasteiger partial charge in [-0.05, 0) is 6.42 Å². The molecule has 0 spiro atoms. The molecule has 9 heteroatoms. The summed E-state index contributed by atoms with van der Waals surface area (Å²) in [4.78, 5) is 6.07. The second-order valence-electron chi connectivity index (χ2n) is 5.19. The van der Waals surface area contributed by atoms with Crippen LogP contribution >= 0.6 is 35.7 Å². The third-order valence-corrected chi connectivity index (χ3v) is 5.10. The zero-order valence-electron chi connectivity index (χ0n) is 13.4. The molecule has 1 aromatic rings. The van der Waals surface area contributed by atoms with Gasteiger partial charge in [0.2, 0.25) is 0 Å². The maximum absolute atomic E-state index is 13.7. The van der Waals surface area contributed by atoms with Crippen LogP contribution in [0, 0.1) is 23.3 Å². The van der Waals surface area contributed by atoms with Crippen LogP contribution in [0.3, 0.4) is 0 Å². The second kappa shape index (κ2) is 9.69. The number of nitrogens with one attached hydrogen (secondary N) is 1. The Balaban J connectivity index is 0.00000288. The van der Waals surface area contributed by atoms with Crippen molar-refractivity contribution in [3.05, 3.63) is 34.9 Å². The number of thioether (sulfide) groups is 1. The third kappa shape index (κ3) is 4.90. The summed E-state index contributed by atoms with van der Waals surface area (Å²) in [5.74, 6) is -4.18. The number of hydrogen-bond acceptors (Lipinski definition) is 2. The van der Waals surface area contributed by atoms with Crippen LogP contribution in [-0.4, -0.2) is 42.0 Å². The normalized spacial score (nSPS) is 18.3. The van der Waals surface area contributed by atoms with E-state index in [2.05, 4.69) is 17.2 Å². The number of nitrogens with zero attached hydrogens (tertiary/aromatic N) is 2. The minimum Gasteiger partial charge on any atom is -0.352 e. The molecular weight excluding hydrogens is 457 g/mol. The van der Waals surface area contributed by atoms with Crippen LogP contribution in [-0.2, 0) is 6.54 Å². The van der Waals surface area contributed by atoms with Gasteiger partial charge in [-0.2, -0.15) is 11.8 Å². The van der Waals surface area contributed by atoms with Crippen molar-refractivity contribution in [3.63, 3.8) is 0 Å². The molecule has 0 aliphatic carbocycles. The van der Waals surface area contributed by atoms with Crippen molar-refractivity contribution in [3.8, 4) is 0 Å². The fourth-order valence-corrected chi connectivity index (χ4v) is 3.62. The molecule has 1 aromatic carbocycles. The number of benzene rings is 1. The Hall–Kier alpha value is -0.710. The number of guanidine groups is 1. The van der Waals surface area contributed by atoms with Crippen LogP contribution in [0.4, 0.5) is 17.6 Å². The predicted molar refractivity (Wildman–Crippen MR) is 100.0 cm³/mol. The molecule has 1 saturated heterocycles. The van der Waals surface area contributed by atoms with Crippen molar-refractivity contribution < 1.29 is 17.6 Å². The van der Waals surface area contributed by atoms with Gasteiger partial charge in [-0.3, -0.25) is 4.99 Å². The lowest BCUT2D eigenvalue weighted by Crippen LogP contribution is -2.47. The molecule has 0 aromatic heterocycles. The molecule has 24 heavy (non-hydrogen) atoms. The Bertz CT molecular complexity index is 574. The largest absolute Gasteiger partial charge is 0.352 e. The van der Waals surface area contributed by atoms with Gasteiger partial charge in [-0.1, -0.05) is 6.92 Å². The lowest BCUT2D eigenvalue weighted by atomic mass is 10.2. The molecule has 1 heterocycles. The van der Waals surface area contributed by atoms with Crippen LogP contribution in [0.15, 0.2) is 11.1 Å². The molecule has 0 amide bonds. The van der Waals surface area contributed by atoms with Gasteiger partial charge >= 0.3 is 0 Å². The van der Waals surface area contributed by atoms with Crippen molar-refractivity contribution in [2.24, 2.45) is 4.99 Å². The van der Waals surface area contributed by atoms with Crippen LogP contribution < -0.4 is 5.32 Å². The summed E-state index contributed by atoms with van der Waals surface area (Å²) in [5, 5.41) is 3.25. The highest BCUT2D eigenvalue weighted by Crippen LogP contribution is 2.22. The standard InChI is InChI=1S/C15H19F4N3S.HI/c1-3-9-8-22(4-5-23-9)15(20-2)21-7-10-13(18)11(16)6-12(17)14(10)19;/h6,9H,3-5,7-8H2,1-2H3,(H,20,21);1H. The highest BCUT2D eigenvalue weighted by Gasteiger charge is 2.23. The van der Waals surface area contributed by atoms with Crippen molar-refractivity contribution in [1.29, 1.82) is 0 Å². The minimum absolute atomic E-state index is 0. The van der Waals surface area contributed by atoms with Crippen molar-refractivity contribution in [2.45, 2.75) is 25.1 Å². The SMILES string of the molecule is CCC1CN(C(=NC)NCc2c(F)c(F)cc(F)c2F)CCS1.I. The highest BCUT2D eigenvalue weighted by molar-refractivity contribution is 14.0. The molecule has 0 saturated carbocycles. The maximum atomic E-state index is 13.7. The molecular formula is C15H20F4IN3S. The Morgan fingerprint density at radius 1 is 1.29 bits per heavy atom. The molecule has 0 bridgehead atoms. The van der Waals surface area contributed by atoms with Gasteiger partial charge in [0.25, 0.3) is 0 Å². The Kier molecular flexibility index (Phi) is 8.61. The van der Waals surface area contributed by atoms with Crippen molar-refractivity contribution >= 4 is 41.7 Å². The minimum atomic E-state index is -1.41. The Labute approximate surface area is 160 Å². The first kappa shape index (κ1) is 21.3. The molecule has 1 aliphatic heterocycles. The summed E-state index contributed by atoms with van der Waals surface area (Å²) in [6, 6.07) is 0.205. The first-order chi connectivity index (χ1) is 11.0. The lowest BCUT2D eigenvalue weighted by molar-refractivity contribution is 0.403. The summed E-state index contributed by atoms with van der Waals surface area (Å²) < 4.78 is 53.8. The molecule has 3 nitrogen and oxygen atoms in total. The summed E-state index contributed by atoms with van der Waals surface area (Å²) in [6.07, 6.45) is 1.01. The fraction of sp³-hybridized carbons (Fsp3) is 0.533. The van der Waals surface area contributed by atoms with Crippen LogP contribution in [0.25, 0.3) is 0 Å². The van der Waals surface area contributed by atoms with E-state index in [9.17, 15) is 17.6 Å². The zero-order chi connectivity index (χ0) is 17.0. The van der Waals surface area contributed by atoms with Gasteiger partial charge in [0.05, 0.1) is 0 Å². The quantitative estimate of drug-likeness (QED) is 0.236. The second-order valence-corrected chi connectivity index (χ2v) is 6.60. The maximum Gasteiger partial charge on any atom is 0.193 e. The fourth-order valence-electron chi connectivity index (χ4n) is 2.44. The molecule has 1 N–H and O–H groups in total. The topological polar surface area (TPSA) is 27.6 Å². The van der Waals surface area contributed by atoms with E-state index >= 15 is 0 Å². The van der Waals surface area contributed by atoms with Gasteiger partial charge in [0.15, 0.2) is 29.2 Å². The predicted octanol–water partition coefficient (Wildman–Crippen LogP) is 3.76. The Morgan fingerprint density at radius 3 is 2.46 bits per heavy atom. The number of hydrogen-bond donors (Lipinski definition) is 1. The van der Waals surface area contributed by atoms with Gasteiger partial charge in [-0.15, -0.1) is 24.0 Å². The van der Waals surface area contributed by atoms with E-state index in [4.69, 9.17) is 0 Å². The smallest absolute Gasteiger partial charge is 0.193 e. The summed E-state index contributed by atoms with van der Waals surface area (Å²) in [6.45, 7) is 3.24. The van der Waals surface area contributed by atoms with Gasteiger partial charge in [-0.25, -0.2) is 17.6 Å². The van der Waals surface area contributed by atoms with E-state index < -0.39 is 28.8 Å². The van der Waals surface area contributed by atoms with Gasteiger partial charge < -0.3 is 10.2 Å². The first-order valence-corrected chi connectivity index (χ1v) is 8.41.